The summed E-state index contributed by atoms with van der Waals surface area (Å²) in [6.45, 7) is 2.23. The molecular weight excluding hydrogens is 527 g/mol. The Bertz CT molecular complexity index is 1360. The fourth-order valence-corrected chi connectivity index (χ4v) is 4.15. The standard InChI is InChI=1S/C27H19F9O2/c1-2-3-13-4-7-22(37-12-13)17-6-5-16(24(32)25(17)33)14-8-18(28)23(19(29)9-14)27(35,36)38-15-10-20(30)26(34)21(31)11-15/h4-6,8-11,22H,2-3,7,12H2,1H3. The highest BCUT2D eigenvalue weighted by molar-refractivity contribution is 5.66. The van der Waals surface area contributed by atoms with Crippen LogP contribution in [0.15, 0.2) is 48.0 Å². The molecule has 1 aliphatic rings. The maximum absolute atomic E-state index is 14.9. The molecule has 1 heterocycles. The Morgan fingerprint density at radius 2 is 1.47 bits per heavy atom. The van der Waals surface area contributed by atoms with Crippen LogP contribution in [0.3, 0.4) is 0 Å². The van der Waals surface area contributed by atoms with Crippen LogP contribution in [0.1, 0.15) is 43.4 Å². The van der Waals surface area contributed by atoms with Crippen LogP contribution in [0.5, 0.6) is 5.75 Å². The molecule has 0 saturated heterocycles. The van der Waals surface area contributed by atoms with Crippen LogP contribution in [0.2, 0.25) is 0 Å². The number of rotatable bonds is 7. The lowest BCUT2D eigenvalue weighted by Crippen LogP contribution is -2.25. The molecule has 202 valence electrons. The van der Waals surface area contributed by atoms with Gasteiger partial charge in [0, 0.05) is 23.3 Å². The highest BCUT2D eigenvalue weighted by Crippen LogP contribution is 2.39. The second-order valence-electron chi connectivity index (χ2n) is 8.61. The van der Waals surface area contributed by atoms with Crippen molar-refractivity contribution in [2.45, 2.75) is 38.4 Å². The molecule has 0 bridgehead atoms. The molecular formula is C27H19F9O2. The highest BCUT2D eigenvalue weighted by atomic mass is 19.3. The topological polar surface area (TPSA) is 18.5 Å². The van der Waals surface area contributed by atoms with Crippen LogP contribution in [0, 0.1) is 40.7 Å². The second kappa shape index (κ2) is 10.7. The lowest BCUT2D eigenvalue weighted by atomic mass is 9.96. The summed E-state index contributed by atoms with van der Waals surface area (Å²) < 4.78 is 138. The van der Waals surface area contributed by atoms with E-state index in [1.165, 1.54) is 6.07 Å². The molecule has 2 nitrogen and oxygen atoms in total. The Morgan fingerprint density at radius 1 is 0.842 bits per heavy atom. The third-order valence-electron chi connectivity index (χ3n) is 5.97. The van der Waals surface area contributed by atoms with E-state index < -0.39 is 75.4 Å². The number of hydrogen-bond acceptors (Lipinski definition) is 2. The number of benzene rings is 3. The third kappa shape index (κ3) is 5.38. The van der Waals surface area contributed by atoms with Crippen LogP contribution in [-0.4, -0.2) is 6.61 Å². The van der Waals surface area contributed by atoms with Gasteiger partial charge < -0.3 is 9.47 Å². The molecule has 0 saturated carbocycles. The smallest absolute Gasteiger partial charge is 0.429 e. The third-order valence-corrected chi connectivity index (χ3v) is 5.97. The molecule has 0 spiro atoms. The summed E-state index contributed by atoms with van der Waals surface area (Å²) in [6.07, 6.45) is -1.74. The van der Waals surface area contributed by atoms with Crippen LogP contribution >= 0.6 is 0 Å². The van der Waals surface area contributed by atoms with Gasteiger partial charge in [-0.25, -0.2) is 30.7 Å². The van der Waals surface area contributed by atoms with E-state index in [4.69, 9.17) is 4.74 Å². The van der Waals surface area contributed by atoms with Gasteiger partial charge in [-0.15, -0.1) is 0 Å². The fraction of sp³-hybridized carbons (Fsp3) is 0.259. The number of alkyl halides is 2. The molecule has 1 unspecified atom stereocenters. The Morgan fingerprint density at radius 3 is 2.03 bits per heavy atom. The first-order valence-electron chi connectivity index (χ1n) is 11.4. The van der Waals surface area contributed by atoms with Gasteiger partial charge in [-0.3, -0.25) is 0 Å². The number of hydrogen-bond donors (Lipinski definition) is 0. The first kappa shape index (κ1) is 27.6. The Hall–Kier alpha value is -3.47. The van der Waals surface area contributed by atoms with E-state index in [-0.39, 0.29) is 24.3 Å². The SMILES string of the molecule is CCCC1=CCC(c2ccc(-c3cc(F)c(C(F)(F)Oc4cc(F)c(F)c(F)c4)c(F)c3)c(F)c2F)OC1. The van der Waals surface area contributed by atoms with Gasteiger partial charge in [0.2, 0.25) is 0 Å². The van der Waals surface area contributed by atoms with Crippen LogP contribution in [0.4, 0.5) is 39.5 Å². The molecule has 0 radical (unpaired) electrons. The van der Waals surface area contributed by atoms with Crippen molar-refractivity contribution >= 4 is 0 Å². The molecule has 4 rings (SSSR count). The normalized spacial score (nSPS) is 15.9. The van der Waals surface area contributed by atoms with Crippen LogP contribution in [0.25, 0.3) is 11.1 Å². The summed E-state index contributed by atoms with van der Waals surface area (Å²) in [5.74, 6) is -13.6. The minimum atomic E-state index is -4.82. The van der Waals surface area contributed by atoms with E-state index in [2.05, 4.69) is 4.74 Å². The zero-order valence-corrected chi connectivity index (χ0v) is 19.7. The van der Waals surface area contributed by atoms with Crippen molar-refractivity contribution in [2.75, 3.05) is 6.61 Å². The van der Waals surface area contributed by atoms with Crippen molar-refractivity contribution in [3.63, 3.8) is 0 Å². The van der Waals surface area contributed by atoms with Gasteiger partial charge in [-0.2, -0.15) is 8.78 Å². The van der Waals surface area contributed by atoms with E-state index >= 15 is 0 Å². The maximum atomic E-state index is 14.9. The molecule has 38 heavy (non-hydrogen) atoms. The van der Waals surface area contributed by atoms with Crippen LogP contribution in [-0.2, 0) is 10.8 Å². The van der Waals surface area contributed by atoms with Gasteiger partial charge in [-0.05, 0) is 36.1 Å². The zero-order valence-electron chi connectivity index (χ0n) is 19.7. The Kier molecular flexibility index (Phi) is 7.78. The molecule has 1 atom stereocenters. The first-order chi connectivity index (χ1) is 17.9. The summed E-state index contributed by atoms with van der Waals surface area (Å²) in [4.78, 5) is 0. The summed E-state index contributed by atoms with van der Waals surface area (Å²) in [6, 6.07) is 3.00. The Balaban J connectivity index is 1.63. The minimum absolute atomic E-state index is 0.0621. The molecule has 0 N–H and O–H groups in total. The zero-order chi connectivity index (χ0) is 27.8. The van der Waals surface area contributed by atoms with E-state index in [0.29, 0.717) is 18.6 Å². The molecule has 11 heteroatoms. The molecule has 0 amide bonds. The maximum Gasteiger partial charge on any atom is 0.432 e. The molecule has 3 aromatic rings. The molecule has 1 aliphatic heterocycles. The second-order valence-corrected chi connectivity index (χ2v) is 8.61. The molecule has 0 aromatic heterocycles. The van der Waals surface area contributed by atoms with E-state index in [1.807, 2.05) is 13.0 Å². The quantitative estimate of drug-likeness (QED) is 0.168. The largest absolute Gasteiger partial charge is 0.432 e. The van der Waals surface area contributed by atoms with Gasteiger partial charge in [0.05, 0.1) is 12.7 Å². The highest BCUT2D eigenvalue weighted by Gasteiger charge is 2.42. The van der Waals surface area contributed by atoms with Gasteiger partial charge in [0.25, 0.3) is 0 Å². The fourth-order valence-electron chi connectivity index (χ4n) is 4.15. The molecule has 3 aromatic carbocycles. The van der Waals surface area contributed by atoms with Crippen molar-refractivity contribution in [3.8, 4) is 16.9 Å². The lowest BCUT2D eigenvalue weighted by Gasteiger charge is -2.24. The molecule has 0 fully saturated rings. The summed E-state index contributed by atoms with van der Waals surface area (Å²) in [7, 11) is 0. The van der Waals surface area contributed by atoms with Crippen molar-refractivity contribution in [1.29, 1.82) is 0 Å². The Labute approximate surface area is 211 Å². The van der Waals surface area contributed by atoms with Crippen molar-refractivity contribution in [2.24, 2.45) is 0 Å². The summed E-state index contributed by atoms with van der Waals surface area (Å²) in [5, 5.41) is 0. The average molecular weight is 546 g/mol. The van der Waals surface area contributed by atoms with E-state index in [1.54, 1.807) is 0 Å². The van der Waals surface area contributed by atoms with E-state index in [0.717, 1.165) is 24.5 Å². The minimum Gasteiger partial charge on any atom is -0.429 e. The van der Waals surface area contributed by atoms with Crippen molar-refractivity contribution < 1.29 is 49.0 Å². The van der Waals surface area contributed by atoms with Gasteiger partial charge in [-0.1, -0.05) is 31.6 Å². The predicted octanol–water partition coefficient (Wildman–Crippen LogP) is 8.64. The average Bonchev–Trinajstić information content (AvgIpc) is 2.84. The number of halogens is 9. The molecule has 0 aliphatic carbocycles. The monoisotopic (exact) mass is 546 g/mol. The van der Waals surface area contributed by atoms with Gasteiger partial charge >= 0.3 is 6.11 Å². The first-order valence-corrected chi connectivity index (χ1v) is 11.4. The van der Waals surface area contributed by atoms with Gasteiger partial charge in [0.1, 0.15) is 22.9 Å². The predicted molar refractivity (Wildman–Crippen MR) is 119 cm³/mol. The van der Waals surface area contributed by atoms with Crippen LogP contribution < -0.4 is 4.74 Å². The van der Waals surface area contributed by atoms with Crippen molar-refractivity contribution in [3.05, 3.63) is 99.9 Å². The van der Waals surface area contributed by atoms with Gasteiger partial charge in [0.15, 0.2) is 29.1 Å². The summed E-state index contributed by atoms with van der Waals surface area (Å²) >= 11 is 0. The van der Waals surface area contributed by atoms with Crippen molar-refractivity contribution in [1.82, 2.24) is 0 Å². The lowest BCUT2D eigenvalue weighted by molar-refractivity contribution is -0.189. The summed E-state index contributed by atoms with van der Waals surface area (Å²) in [5.41, 5.74) is -2.26. The van der Waals surface area contributed by atoms with E-state index in [9.17, 15) is 39.5 Å². The number of ether oxygens (including phenoxy) is 2.